The van der Waals surface area contributed by atoms with E-state index in [2.05, 4.69) is 5.32 Å². The number of nitrogens with one attached hydrogen (secondary N) is 1. The third-order valence-electron chi connectivity index (χ3n) is 3.42. The number of rotatable bonds is 6. The Balaban J connectivity index is 2.23. The largest absolute Gasteiger partial charge is 0.495 e. The second-order valence-electron chi connectivity index (χ2n) is 5.39. The molecule has 0 bridgehead atoms. The molecule has 6 nitrogen and oxygen atoms in total. The van der Waals surface area contributed by atoms with Gasteiger partial charge in [0.25, 0.3) is 0 Å². The smallest absolute Gasteiger partial charge is 0.248 e. The summed E-state index contributed by atoms with van der Waals surface area (Å²) in [6.45, 7) is 0. The van der Waals surface area contributed by atoms with Gasteiger partial charge < -0.3 is 10.1 Å². The molecular weight excluding hydrogens is 340 g/mol. The van der Waals surface area contributed by atoms with E-state index in [1.54, 1.807) is 12.1 Å². The molecule has 2 aromatic carbocycles. The Kier molecular flexibility index (Phi) is 5.95. The van der Waals surface area contributed by atoms with Crippen molar-refractivity contribution in [3.8, 4) is 5.75 Å². The van der Waals surface area contributed by atoms with Crippen LogP contribution in [0.3, 0.4) is 0 Å². The first-order chi connectivity index (χ1) is 11.8. The molecule has 0 spiro atoms. The molecule has 2 rings (SSSR count). The van der Waals surface area contributed by atoms with Crippen molar-refractivity contribution in [3.63, 3.8) is 0 Å². The number of benzene rings is 2. The summed E-state index contributed by atoms with van der Waals surface area (Å²) in [5, 5.41) is 2.65. The highest BCUT2D eigenvalue weighted by molar-refractivity contribution is 7.89. The molecule has 132 valence electrons. The number of hydrogen-bond acceptors (Lipinski definition) is 4. The van der Waals surface area contributed by atoms with Gasteiger partial charge in [0.2, 0.25) is 15.9 Å². The fourth-order valence-electron chi connectivity index (χ4n) is 2.07. The van der Waals surface area contributed by atoms with Crippen LogP contribution >= 0.6 is 0 Å². The quantitative estimate of drug-likeness (QED) is 0.804. The highest BCUT2D eigenvalue weighted by Gasteiger charge is 2.22. The third kappa shape index (κ3) is 4.68. The van der Waals surface area contributed by atoms with Crippen molar-refractivity contribution < 1.29 is 17.9 Å². The molecule has 1 N–H and O–H groups in total. The Labute approximate surface area is 147 Å². The average molecular weight is 360 g/mol. The van der Waals surface area contributed by atoms with Crippen LogP contribution in [0.2, 0.25) is 0 Å². The Morgan fingerprint density at radius 2 is 1.80 bits per heavy atom. The van der Waals surface area contributed by atoms with Crippen LogP contribution in [0.1, 0.15) is 5.56 Å². The van der Waals surface area contributed by atoms with Gasteiger partial charge in [-0.15, -0.1) is 0 Å². The Bertz CT molecular complexity index is 875. The molecule has 25 heavy (non-hydrogen) atoms. The first kappa shape index (κ1) is 18.7. The van der Waals surface area contributed by atoms with Gasteiger partial charge in [-0.25, -0.2) is 12.7 Å². The summed E-state index contributed by atoms with van der Waals surface area (Å²) in [4.78, 5) is 12.0. The first-order valence-corrected chi connectivity index (χ1v) is 8.93. The van der Waals surface area contributed by atoms with Crippen molar-refractivity contribution in [3.05, 3.63) is 60.2 Å². The molecule has 0 aromatic heterocycles. The van der Waals surface area contributed by atoms with Gasteiger partial charge in [0.15, 0.2) is 0 Å². The molecule has 0 atom stereocenters. The lowest BCUT2D eigenvalue weighted by Gasteiger charge is -2.15. The minimum Gasteiger partial charge on any atom is -0.495 e. The van der Waals surface area contributed by atoms with Gasteiger partial charge in [-0.3, -0.25) is 4.79 Å². The minimum absolute atomic E-state index is 0.00941. The lowest BCUT2D eigenvalue weighted by Crippen LogP contribution is -2.23. The summed E-state index contributed by atoms with van der Waals surface area (Å²) in [6, 6.07) is 13.9. The standard InChI is InChI=1S/C18H20N2O4S/c1-20(2)25(22,23)17-13-15(10-11-16(17)24-3)19-18(21)12-9-14-7-5-4-6-8-14/h4-13H,1-3H3,(H,19,21)/b12-9+. The van der Waals surface area contributed by atoms with E-state index in [-0.39, 0.29) is 16.6 Å². The second-order valence-corrected chi connectivity index (χ2v) is 7.51. The second kappa shape index (κ2) is 7.96. The third-order valence-corrected chi connectivity index (χ3v) is 5.25. The van der Waals surface area contributed by atoms with Crippen molar-refractivity contribution >= 4 is 27.7 Å². The zero-order valence-electron chi connectivity index (χ0n) is 14.3. The molecule has 0 aliphatic heterocycles. The molecule has 0 unspecified atom stereocenters. The molecule has 0 heterocycles. The van der Waals surface area contributed by atoms with Gasteiger partial charge >= 0.3 is 0 Å². The number of nitrogens with zero attached hydrogens (tertiary/aromatic N) is 1. The molecule has 0 fully saturated rings. The SMILES string of the molecule is COc1ccc(NC(=O)/C=C/c2ccccc2)cc1S(=O)(=O)N(C)C. The van der Waals surface area contributed by atoms with Gasteiger partial charge in [0.1, 0.15) is 10.6 Å². The number of anilines is 1. The predicted octanol–water partition coefficient (Wildman–Crippen LogP) is 2.60. The summed E-state index contributed by atoms with van der Waals surface area (Å²) in [7, 11) is 0.566. The van der Waals surface area contributed by atoms with E-state index in [4.69, 9.17) is 4.74 Å². The Hall–Kier alpha value is -2.64. The molecule has 0 aliphatic carbocycles. The first-order valence-electron chi connectivity index (χ1n) is 7.49. The van der Waals surface area contributed by atoms with Gasteiger partial charge in [-0.2, -0.15) is 0 Å². The van der Waals surface area contributed by atoms with E-state index in [9.17, 15) is 13.2 Å². The molecule has 0 aliphatic rings. The van der Waals surface area contributed by atoms with Gasteiger partial charge in [0.05, 0.1) is 7.11 Å². The highest BCUT2D eigenvalue weighted by Crippen LogP contribution is 2.28. The lowest BCUT2D eigenvalue weighted by molar-refractivity contribution is -0.111. The summed E-state index contributed by atoms with van der Waals surface area (Å²) in [6.07, 6.45) is 3.07. The number of carbonyl (C=O) groups is 1. The number of carbonyl (C=O) groups excluding carboxylic acids is 1. The van der Waals surface area contributed by atoms with E-state index < -0.39 is 10.0 Å². The summed E-state index contributed by atoms with van der Waals surface area (Å²) >= 11 is 0. The fraction of sp³-hybridized carbons (Fsp3) is 0.167. The summed E-state index contributed by atoms with van der Waals surface area (Å²) < 4.78 is 31.0. The topological polar surface area (TPSA) is 75.7 Å². The van der Waals surface area contributed by atoms with Crippen LogP contribution in [-0.4, -0.2) is 39.8 Å². The zero-order chi connectivity index (χ0) is 18.4. The Morgan fingerprint density at radius 3 is 2.40 bits per heavy atom. The molecule has 7 heteroatoms. The maximum absolute atomic E-state index is 12.4. The zero-order valence-corrected chi connectivity index (χ0v) is 15.1. The number of amides is 1. The number of sulfonamides is 1. The van der Waals surface area contributed by atoms with Gasteiger partial charge in [-0.05, 0) is 29.8 Å². The summed E-state index contributed by atoms with van der Waals surface area (Å²) in [5.41, 5.74) is 1.26. The van der Waals surface area contributed by atoms with Crippen LogP contribution in [-0.2, 0) is 14.8 Å². The Morgan fingerprint density at radius 1 is 1.12 bits per heavy atom. The monoisotopic (exact) mass is 360 g/mol. The van der Waals surface area contributed by atoms with Crippen LogP contribution < -0.4 is 10.1 Å². The van der Waals surface area contributed by atoms with Crippen molar-refractivity contribution in [1.29, 1.82) is 0 Å². The maximum atomic E-state index is 12.4. The molecule has 2 aromatic rings. The van der Waals surface area contributed by atoms with E-state index in [0.717, 1.165) is 9.87 Å². The van der Waals surface area contributed by atoms with Gasteiger partial charge in [0, 0.05) is 25.9 Å². The summed E-state index contributed by atoms with van der Waals surface area (Å²) in [5.74, 6) is -0.145. The average Bonchev–Trinajstić information content (AvgIpc) is 2.60. The minimum atomic E-state index is -3.69. The normalized spacial score (nSPS) is 11.7. The van der Waals surface area contributed by atoms with E-state index >= 15 is 0 Å². The lowest BCUT2D eigenvalue weighted by atomic mass is 10.2. The van der Waals surface area contributed by atoms with Crippen LogP contribution in [0, 0.1) is 0 Å². The maximum Gasteiger partial charge on any atom is 0.248 e. The van der Waals surface area contributed by atoms with E-state index in [1.165, 1.54) is 39.4 Å². The predicted molar refractivity (Wildman–Crippen MR) is 98.0 cm³/mol. The van der Waals surface area contributed by atoms with Crippen LogP contribution in [0.25, 0.3) is 6.08 Å². The van der Waals surface area contributed by atoms with E-state index in [0.29, 0.717) is 5.69 Å². The van der Waals surface area contributed by atoms with Crippen LogP contribution in [0.4, 0.5) is 5.69 Å². The molecular formula is C18H20N2O4S. The molecule has 1 amide bonds. The highest BCUT2D eigenvalue weighted by atomic mass is 32.2. The van der Waals surface area contributed by atoms with Crippen molar-refractivity contribution in [2.24, 2.45) is 0 Å². The van der Waals surface area contributed by atoms with E-state index in [1.807, 2.05) is 30.3 Å². The van der Waals surface area contributed by atoms with Crippen LogP contribution in [0.15, 0.2) is 59.5 Å². The number of hydrogen-bond donors (Lipinski definition) is 1. The molecule has 0 radical (unpaired) electrons. The fourth-order valence-corrected chi connectivity index (χ4v) is 3.15. The number of methoxy groups -OCH3 is 1. The number of ether oxygens (including phenoxy) is 1. The van der Waals surface area contributed by atoms with Crippen molar-refractivity contribution in [1.82, 2.24) is 4.31 Å². The van der Waals surface area contributed by atoms with Crippen molar-refractivity contribution in [2.75, 3.05) is 26.5 Å². The molecule has 0 saturated heterocycles. The van der Waals surface area contributed by atoms with Gasteiger partial charge in [-0.1, -0.05) is 30.3 Å². The van der Waals surface area contributed by atoms with Crippen molar-refractivity contribution in [2.45, 2.75) is 4.90 Å². The van der Waals surface area contributed by atoms with Crippen LogP contribution in [0.5, 0.6) is 5.75 Å². The molecule has 0 saturated carbocycles.